The summed E-state index contributed by atoms with van der Waals surface area (Å²) < 4.78 is 9.96. The second kappa shape index (κ2) is 5.68. The monoisotopic (exact) mass is 238 g/mol. The van der Waals surface area contributed by atoms with E-state index in [0.29, 0.717) is 5.75 Å². The van der Waals surface area contributed by atoms with Crippen molar-refractivity contribution in [1.29, 1.82) is 0 Å². The molecule has 4 nitrogen and oxygen atoms in total. The van der Waals surface area contributed by atoms with E-state index >= 15 is 0 Å². The van der Waals surface area contributed by atoms with Crippen molar-refractivity contribution in [2.24, 2.45) is 0 Å². The summed E-state index contributed by atoms with van der Waals surface area (Å²) in [6.07, 6.45) is 0.830. The Labute approximate surface area is 101 Å². The fourth-order valence-corrected chi connectivity index (χ4v) is 1.43. The summed E-state index contributed by atoms with van der Waals surface area (Å²) in [5.41, 5.74) is -0.594. The first kappa shape index (κ1) is 13.5. The van der Waals surface area contributed by atoms with Crippen molar-refractivity contribution < 1.29 is 19.4 Å². The summed E-state index contributed by atoms with van der Waals surface area (Å²) in [5, 5.41) is 9.81. The van der Waals surface area contributed by atoms with Gasteiger partial charge in [-0.25, -0.2) is 4.79 Å². The number of benzene rings is 1. The molecule has 0 heterocycles. The molecule has 17 heavy (non-hydrogen) atoms. The Morgan fingerprint density at radius 2 is 2.06 bits per heavy atom. The smallest absolute Gasteiger partial charge is 0.341 e. The zero-order valence-electron chi connectivity index (χ0n) is 10.4. The van der Waals surface area contributed by atoms with Crippen molar-refractivity contribution in [2.45, 2.75) is 25.9 Å². The van der Waals surface area contributed by atoms with Crippen molar-refractivity contribution in [3.8, 4) is 5.75 Å². The maximum atomic E-state index is 11.3. The van der Waals surface area contributed by atoms with Crippen molar-refractivity contribution in [3.05, 3.63) is 29.8 Å². The number of aryl methyl sites for hydroxylation is 1. The van der Waals surface area contributed by atoms with E-state index in [9.17, 15) is 9.90 Å². The molecule has 94 valence electrons. The molecule has 1 N–H and O–H groups in total. The molecule has 0 bridgehead atoms. The van der Waals surface area contributed by atoms with Crippen molar-refractivity contribution in [1.82, 2.24) is 0 Å². The minimum atomic E-state index is -1.63. The van der Waals surface area contributed by atoms with E-state index < -0.39 is 11.6 Å². The molecular weight excluding hydrogens is 220 g/mol. The molecule has 1 aromatic rings. The lowest BCUT2D eigenvalue weighted by Crippen LogP contribution is -2.42. The van der Waals surface area contributed by atoms with E-state index in [1.165, 1.54) is 14.0 Å². The summed E-state index contributed by atoms with van der Waals surface area (Å²) in [4.78, 5) is 11.3. The summed E-state index contributed by atoms with van der Waals surface area (Å²) in [6.45, 7) is 3.25. The van der Waals surface area contributed by atoms with Crippen LogP contribution in [0, 0.1) is 0 Å². The summed E-state index contributed by atoms with van der Waals surface area (Å²) in [7, 11) is 1.23. The van der Waals surface area contributed by atoms with Crippen LogP contribution < -0.4 is 4.74 Å². The minimum absolute atomic E-state index is 0.128. The molecule has 0 amide bonds. The average molecular weight is 238 g/mol. The molecule has 0 aromatic heterocycles. The van der Waals surface area contributed by atoms with Crippen molar-refractivity contribution in [2.75, 3.05) is 13.7 Å². The number of rotatable bonds is 5. The average Bonchev–Trinajstić information content (AvgIpc) is 2.35. The third kappa shape index (κ3) is 3.46. The number of aliphatic hydroxyl groups is 1. The number of methoxy groups -OCH3 is 1. The van der Waals surface area contributed by atoms with Gasteiger partial charge in [0.2, 0.25) is 0 Å². The molecule has 1 aromatic carbocycles. The van der Waals surface area contributed by atoms with Crippen LogP contribution in [0.3, 0.4) is 0 Å². The van der Waals surface area contributed by atoms with Gasteiger partial charge in [0.05, 0.1) is 7.11 Å². The van der Waals surface area contributed by atoms with Gasteiger partial charge in [-0.2, -0.15) is 0 Å². The first-order valence-electron chi connectivity index (χ1n) is 5.52. The Bertz CT molecular complexity index is 385. The Morgan fingerprint density at radius 1 is 1.41 bits per heavy atom. The lowest BCUT2D eigenvalue weighted by atomic mass is 10.1. The minimum Gasteiger partial charge on any atom is -0.490 e. The van der Waals surface area contributed by atoms with Crippen LogP contribution in [0.5, 0.6) is 5.75 Å². The Kier molecular flexibility index (Phi) is 4.52. The molecule has 0 aliphatic heterocycles. The van der Waals surface area contributed by atoms with Crippen LogP contribution in [-0.4, -0.2) is 30.4 Å². The van der Waals surface area contributed by atoms with Crippen LogP contribution in [-0.2, 0) is 16.0 Å². The van der Waals surface area contributed by atoms with E-state index in [1.54, 1.807) is 0 Å². The van der Waals surface area contributed by atoms with Gasteiger partial charge in [0.1, 0.15) is 12.4 Å². The van der Waals surface area contributed by atoms with E-state index in [-0.39, 0.29) is 6.61 Å². The molecule has 0 saturated heterocycles. The Balaban J connectivity index is 2.70. The Morgan fingerprint density at radius 3 is 2.65 bits per heavy atom. The fraction of sp³-hybridized carbons (Fsp3) is 0.462. The molecule has 0 fully saturated rings. The van der Waals surface area contributed by atoms with Gasteiger partial charge in [-0.1, -0.05) is 25.1 Å². The lowest BCUT2D eigenvalue weighted by molar-refractivity contribution is -0.163. The first-order valence-corrected chi connectivity index (χ1v) is 5.52. The molecule has 0 aliphatic carbocycles. The van der Waals surface area contributed by atoms with Crippen molar-refractivity contribution >= 4 is 5.97 Å². The molecular formula is C13H18O4. The lowest BCUT2D eigenvalue weighted by Gasteiger charge is -2.21. The second-order valence-electron chi connectivity index (χ2n) is 4.02. The third-order valence-corrected chi connectivity index (χ3v) is 2.49. The number of para-hydroxylation sites is 1. The van der Waals surface area contributed by atoms with Gasteiger partial charge in [-0.15, -0.1) is 0 Å². The highest BCUT2D eigenvalue weighted by atomic mass is 16.6. The molecule has 1 unspecified atom stereocenters. The number of hydrogen-bond donors (Lipinski definition) is 1. The standard InChI is InChI=1S/C13H18O4/c1-4-10-7-5-6-8-11(10)17-9-13(2,15)12(14)16-3/h5-8,15H,4,9H2,1-3H3. The second-order valence-corrected chi connectivity index (χ2v) is 4.02. The maximum Gasteiger partial charge on any atom is 0.341 e. The number of carbonyl (C=O) groups excluding carboxylic acids is 1. The maximum absolute atomic E-state index is 11.3. The Hall–Kier alpha value is -1.55. The molecule has 0 saturated carbocycles. The van der Waals surface area contributed by atoms with Crippen LogP contribution >= 0.6 is 0 Å². The van der Waals surface area contributed by atoms with Gasteiger partial charge in [0.15, 0.2) is 5.60 Å². The largest absolute Gasteiger partial charge is 0.490 e. The first-order chi connectivity index (χ1) is 8.01. The molecule has 1 rings (SSSR count). The highest BCUT2D eigenvalue weighted by molar-refractivity contribution is 5.78. The van der Waals surface area contributed by atoms with Gasteiger partial charge in [-0.05, 0) is 25.0 Å². The number of hydrogen-bond acceptors (Lipinski definition) is 4. The van der Waals surface area contributed by atoms with E-state index in [2.05, 4.69) is 4.74 Å². The van der Waals surface area contributed by atoms with Crippen LogP contribution in [0.4, 0.5) is 0 Å². The van der Waals surface area contributed by atoms with E-state index in [0.717, 1.165) is 12.0 Å². The van der Waals surface area contributed by atoms with Gasteiger partial charge in [0.25, 0.3) is 0 Å². The molecule has 0 aliphatic rings. The summed E-state index contributed by atoms with van der Waals surface area (Å²) >= 11 is 0. The van der Waals surface area contributed by atoms with Crippen LogP contribution in [0.1, 0.15) is 19.4 Å². The zero-order valence-corrected chi connectivity index (χ0v) is 10.4. The van der Waals surface area contributed by atoms with Crippen LogP contribution in [0.2, 0.25) is 0 Å². The van der Waals surface area contributed by atoms with Gasteiger partial charge in [0, 0.05) is 0 Å². The number of carbonyl (C=O) groups is 1. The zero-order chi connectivity index (χ0) is 12.9. The highest BCUT2D eigenvalue weighted by Crippen LogP contribution is 2.20. The van der Waals surface area contributed by atoms with Gasteiger partial charge < -0.3 is 14.6 Å². The van der Waals surface area contributed by atoms with Crippen LogP contribution in [0.15, 0.2) is 24.3 Å². The van der Waals surface area contributed by atoms with E-state index in [1.807, 2.05) is 31.2 Å². The summed E-state index contributed by atoms with van der Waals surface area (Å²) in [6, 6.07) is 7.53. The molecule has 0 radical (unpaired) electrons. The van der Waals surface area contributed by atoms with Gasteiger partial charge >= 0.3 is 5.97 Å². The topological polar surface area (TPSA) is 55.8 Å². The van der Waals surface area contributed by atoms with E-state index in [4.69, 9.17) is 4.74 Å². The predicted molar refractivity (Wildman–Crippen MR) is 64.0 cm³/mol. The number of ether oxygens (including phenoxy) is 2. The quantitative estimate of drug-likeness (QED) is 0.791. The van der Waals surface area contributed by atoms with Crippen LogP contribution in [0.25, 0.3) is 0 Å². The third-order valence-electron chi connectivity index (χ3n) is 2.49. The fourth-order valence-electron chi connectivity index (χ4n) is 1.43. The highest BCUT2D eigenvalue weighted by Gasteiger charge is 2.32. The normalized spacial score (nSPS) is 13.9. The molecule has 1 atom stereocenters. The summed E-state index contributed by atoms with van der Waals surface area (Å²) in [5.74, 6) is -0.0225. The van der Waals surface area contributed by atoms with Crippen molar-refractivity contribution in [3.63, 3.8) is 0 Å². The SMILES string of the molecule is CCc1ccccc1OCC(C)(O)C(=O)OC. The van der Waals surface area contributed by atoms with Gasteiger partial charge in [-0.3, -0.25) is 0 Å². The predicted octanol–water partition coefficient (Wildman–Crippen LogP) is 1.55. The molecule has 4 heteroatoms. The molecule has 0 spiro atoms. The number of esters is 1.